The summed E-state index contributed by atoms with van der Waals surface area (Å²) < 4.78 is 7.12. The summed E-state index contributed by atoms with van der Waals surface area (Å²) in [7, 11) is 5.76. The van der Waals surface area contributed by atoms with Crippen molar-refractivity contribution in [1.29, 1.82) is 0 Å². The number of anilines is 1. The van der Waals surface area contributed by atoms with Crippen LogP contribution in [0.2, 0.25) is 0 Å². The molecule has 0 aromatic carbocycles. The van der Waals surface area contributed by atoms with Crippen LogP contribution in [0, 0.1) is 6.92 Å². The van der Waals surface area contributed by atoms with Gasteiger partial charge in [0, 0.05) is 26.8 Å². The number of likely N-dealkylation sites (N-methyl/N-ethyl adjacent to an activating group) is 1. The van der Waals surface area contributed by atoms with E-state index in [4.69, 9.17) is 10.5 Å². The van der Waals surface area contributed by atoms with Gasteiger partial charge in [-0.2, -0.15) is 5.10 Å². The number of aromatic nitrogens is 2. The molecule has 0 saturated carbocycles. The van der Waals surface area contributed by atoms with E-state index in [1.54, 1.807) is 7.11 Å². The average molecular weight is 240 g/mol. The molecule has 1 rings (SSSR count). The Hall–Kier alpha value is -1.07. The van der Waals surface area contributed by atoms with Crippen LogP contribution in [0.15, 0.2) is 0 Å². The summed E-state index contributed by atoms with van der Waals surface area (Å²) in [5, 5.41) is 4.47. The molecule has 1 aromatic heterocycles. The standard InChI is InChI=1S/C12H24N4O/c1-9(8-17-5)15(3)12-11(6-7-13)10(2)14-16(12)4/h9H,6-8,13H2,1-5H3. The predicted octanol–water partition coefficient (Wildman–Crippen LogP) is 0.701. The molecule has 1 unspecified atom stereocenters. The third-order valence-electron chi connectivity index (χ3n) is 3.11. The van der Waals surface area contributed by atoms with Crippen molar-refractivity contribution in [3.8, 4) is 0 Å². The fourth-order valence-corrected chi connectivity index (χ4v) is 2.13. The molecule has 0 spiro atoms. The Labute approximate surface area is 104 Å². The minimum atomic E-state index is 0.311. The topological polar surface area (TPSA) is 56.3 Å². The quantitative estimate of drug-likeness (QED) is 0.795. The first kappa shape index (κ1) is 14.0. The molecule has 5 nitrogen and oxygen atoms in total. The van der Waals surface area contributed by atoms with Crippen molar-refractivity contribution in [2.45, 2.75) is 26.3 Å². The van der Waals surface area contributed by atoms with E-state index in [2.05, 4.69) is 24.0 Å². The lowest BCUT2D eigenvalue weighted by atomic mass is 10.1. The molecule has 1 heterocycles. The van der Waals surface area contributed by atoms with E-state index >= 15 is 0 Å². The van der Waals surface area contributed by atoms with Gasteiger partial charge in [0.05, 0.1) is 18.3 Å². The number of aryl methyl sites for hydroxylation is 2. The first-order valence-electron chi connectivity index (χ1n) is 5.97. The van der Waals surface area contributed by atoms with E-state index in [-0.39, 0.29) is 0 Å². The summed E-state index contributed by atoms with van der Waals surface area (Å²) in [6, 6.07) is 0.311. The van der Waals surface area contributed by atoms with Gasteiger partial charge < -0.3 is 15.4 Å². The zero-order valence-electron chi connectivity index (χ0n) is 11.5. The molecule has 1 aromatic rings. The molecule has 17 heavy (non-hydrogen) atoms. The smallest absolute Gasteiger partial charge is 0.130 e. The maximum absolute atomic E-state index is 5.66. The van der Waals surface area contributed by atoms with E-state index in [1.807, 2.05) is 18.7 Å². The number of ether oxygens (including phenoxy) is 1. The zero-order valence-corrected chi connectivity index (χ0v) is 11.5. The zero-order chi connectivity index (χ0) is 13.0. The highest BCUT2D eigenvalue weighted by Gasteiger charge is 2.19. The number of nitrogens with zero attached hydrogens (tertiary/aromatic N) is 3. The summed E-state index contributed by atoms with van der Waals surface area (Å²) in [6.07, 6.45) is 0.860. The van der Waals surface area contributed by atoms with Gasteiger partial charge in [0.15, 0.2) is 0 Å². The van der Waals surface area contributed by atoms with Crippen LogP contribution in [0.25, 0.3) is 0 Å². The van der Waals surface area contributed by atoms with Crippen molar-refractivity contribution in [2.24, 2.45) is 12.8 Å². The van der Waals surface area contributed by atoms with Crippen LogP contribution < -0.4 is 10.6 Å². The summed E-state index contributed by atoms with van der Waals surface area (Å²) in [5.74, 6) is 1.14. The fourth-order valence-electron chi connectivity index (χ4n) is 2.13. The number of hydrogen-bond acceptors (Lipinski definition) is 4. The third-order valence-corrected chi connectivity index (χ3v) is 3.11. The number of nitrogens with two attached hydrogens (primary N) is 1. The highest BCUT2D eigenvalue weighted by Crippen LogP contribution is 2.24. The van der Waals surface area contributed by atoms with Crippen LogP contribution in [0.4, 0.5) is 5.82 Å². The molecule has 0 aliphatic rings. The van der Waals surface area contributed by atoms with Gasteiger partial charge >= 0.3 is 0 Å². The first-order valence-corrected chi connectivity index (χ1v) is 5.97. The van der Waals surface area contributed by atoms with Crippen molar-refractivity contribution in [3.63, 3.8) is 0 Å². The van der Waals surface area contributed by atoms with Gasteiger partial charge in [-0.25, -0.2) is 0 Å². The Kier molecular flexibility index (Phi) is 4.96. The summed E-state index contributed by atoms with van der Waals surface area (Å²) in [5.41, 5.74) is 7.96. The fraction of sp³-hybridized carbons (Fsp3) is 0.750. The Balaban J connectivity index is 3.02. The van der Waals surface area contributed by atoms with Crippen LogP contribution >= 0.6 is 0 Å². The van der Waals surface area contributed by atoms with Crippen LogP contribution in [-0.2, 0) is 18.2 Å². The molecule has 98 valence electrons. The second kappa shape index (κ2) is 6.02. The minimum Gasteiger partial charge on any atom is -0.383 e. The van der Waals surface area contributed by atoms with Crippen LogP contribution in [0.3, 0.4) is 0 Å². The normalized spacial score (nSPS) is 12.8. The van der Waals surface area contributed by atoms with Gasteiger partial charge in [-0.3, -0.25) is 4.68 Å². The molecule has 0 aliphatic carbocycles. The Morgan fingerprint density at radius 3 is 2.71 bits per heavy atom. The molecule has 2 N–H and O–H groups in total. The second-order valence-corrected chi connectivity index (χ2v) is 4.47. The van der Waals surface area contributed by atoms with Gasteiger partial charge in [-0.1, -0.05) is 0 Å². The maximum Gasteiger partial charge on any atom is 0.130 e. The SMILES string of the molecule is COCC(C)N(C)c1c(CCN)c(C)nn1C. The van der Waals surface area contributed by atoms with Gasteiger partial charge in [-0.15, -0.1) is 0 Å². The number of rotatable bonds is 6. The Bertz CT molecular complexity index is 362. The van der Waals surface area contributed by atoms with Crippen LogP contribution in [0.5, 0.6) is 0 Å². The molecule has 0 radical (unpaired) electrons. The first-order chi connectivity index (χ1) is 8.02. The summed E-state index contributed by atoms with van der Waals surface area (Å²) in [4.78, 5) is 2.20. The molecule has 0 aliphatic heterocycles. The largest absolute Gasteiger partial charge is 0.383 e. The molecule has 0 fully saturated rings. The summed E-state index contributed by atoms with van der Waals surface area (Å²) in [6.45, 7) is 5.51. The second-order valence-electron chi connectivity index (χ2n) is 4.47. The van der Waals surface area contributed by atoms with Crippen molar-refractivity contribution in [3.05, 3.63) is 11.3 Å². The van der Waals surface area contributed by atoms with Crippen molar-refractivity contribution >= 4 is 5.82 Å². The number of methoxy groups -OCH3 is 1. The van der Waals surface area contributed by atoms with Crippen LogP contribution in [-0.4, -0.2) is 43.1 Å². The van der Waals surface area contributed by atoms with Crippen molar-refractivity contribution < 1.29 is 4.74 Å². The number of hydrogen-bond donors (Lipinski definition) is 1. The lowest BCUT2D eigenvalue weighted by molar-refractivity contribution is 0.183. The minimum absolute atomic E-state index is 0.311. The van der Waals surface area contributed by atoms with E-state index < -0.39 is 0 Å². The highest BCUT2D eigenvalue weighted by molar-refractivity contribution is 5.50. The van der Waals surface area contributed by atoms with E-state index in [1.165, 1.54) is 5.56 Å². The molecular formula is C12H24N4O. The average Bonchev–Trinajstić information content (AvgIpc) is 2.54. The van der Waals surface area contributed by atoms with E-state index in [0.717, 1.165) is 17.9 Å². The van der Waals surface area contributed by atoms with Gasteiger partial charge in [0.2, 0.25) is 0 Å². The van der Waals surface area contributed by atoms with Crippen molar-refractivity contribution in [1.82, 2.24) is 9.78 Å². The predicted molar refractivity (Wildman–Crippen MR) is 70.4 cm³/mol. The molecule has 0 saturated heterocycles. The Morgan fingerprint density at radius 1 is 1.53 bits per heavy atom. The molecule has 0 amide bonds. The molecule has 0 bridgehead atoms. The molecule has 1 atom stereocenters. The van der Waals surface area contributed by atoms with E-state index in [9.17, 15) is 0 Å². The summed E-state index contributed by atoms with van der Waals surface area (Å²) >= 11 is 0. The van der Waals surface area contributed by atoms with Gasteiger partial charge in [-0.05, 0) is 26.8 Å². The lowest BCUT2D eigenvalue weighted by Gasteiger charge is -2.27. The van der Waals surface area contributed by atoms with Gasteiger partial charge in [0.25, 0.3) is 0 Å². The lowest BCUT2D eigenvalue weighted by Crippen LogP contribution is -2.34. The molecule has 5 heteroatoms. The monoisotopic (exact) mass is 240 g/mol. The Morgan fingerprint density at radius 2 is 2.18 bits per heavy atom. The van der Waals surface area contributed by atoms with E-state index in [0.29, 0.717) is 19.2 Å². The van der Waals surface area contributed by atoms with Crippen LogP contribution in [0.1, 0.15) is 18.2 Å². The van der Waals surface area contributed by atoms with Gasteiger partial charge in [0.1, 0.15) is 5.82 Å². The van der Waals surface area contributed by atoms with Crippen molar-refractivity contribution in [2.75, 3.05) is 32.2 Å². The maximum atomic E-state index is 5.66. The highest BCUT2D eigenvalue weighted by atomic mass is 16.5. The third kappa shape index (κ3) is 2.98. The molecular weight excluding hydrogens is 216 g/mol.